The molecule has 0 amide bonds. The molecule has 0 bridgehead atoms. The molecule has 0 unspecified atom stereocenters. The van der Waals surface area contributed by atoms with Crippen molar-refractivity contribution in [2.24, 2.45) is 5.92 Å². The first-order valence-corrected chi connectivity index (χ1v) is 13.5. The number of alkyl halides is 6. The zero-order valence-corrected chi connectivity index (χ0v) is 22.4. The lowest BCUT2D eigenvalue weighted by atomic mass is 9.83. The quantitative estimate of drug-likeness (QED) is 0.156. The third-order valence-electron chi connectivity index (χ3n) is 7.67. The predicted octanol–water partition coefficient (Wildman–Crippen LogP) is 7.53. The Balaban J connectivity index is 1.19. The standard InChI is InChI=1S/C27H30F6N4O2S/c28-26(29,30)19-4-9-22(10-5-19)35-13-15-36(16-14-35)25(40)12-3-18-1-6-20(7-2-18)34-21-8-11-24(37(38)39)23(17-21)27(31,32)33/h4-5,8-11,17-18,20,34H,1-3,6-7,12-16H2. The SMILES string of the molecule is O=[N+]([O-])c1ccc(NC2CCC(CCC(=S)N3CCN(c4ccc(C(F)(F)F)cc4)CC3)CC2)cc1C(F)(F)F. The summed E-state index contributed by atoms with van der Waals surface area (Å²) in [5.41, 5.74) is -1.91. The zero-order valence-electron chi connectivity index (χ0n) is 21.6. The number of rotatable bonds is 7. The van der Waals surface area contributed by atoms with E-state index in [0.29, 0.717) is 32.1 Å². The fourth-order valence-electron chi connectivity index (χ4n) is 5.40. The Hall–Kier alpha value is -3.09. The minimum Gasteiger partial charge on any atom is -0.382 e. The number of benzene rings is 2. The number of piperazine rings is 1. The van der Waals surface area contributed by atoms with Gasteiger partial charge in [-0.15, -0.1) is 0 Å². The zero-order chi connectivity index (χ0) is 29.1. The van der Waals surface area contributed by atoms with Crippen LogP contribution in [0.4, 0.5) is 43.4 Å². The smallest absolute Gasteiger partial charge is 0.382 e. The number of nitro groups is 1. The van der Waals surface area contributed by atoms with E-state index in [-0.39, 0.29) is 11.7 Å². The third kappa shape index (κ3) is 7.55. The largest absolute Gasteiger partial charge is 0.423 e. The number of thiocarbonyl (C=S) groups is 1. The second-order valence-electron chi connectivity index (χ2n) is 10.3. The van der Waals surface area contributed by atoms with Gasteiger partial charge in [0.25, 0.3) is 5.69 Å². The summed E-state index contributed by atoms with van der Waals surface area (Å²) in [6, 6.07) is 8.20. The van der Waals surface area contributed by atoms with E-state index in [4.69, 9.17) is 12.2 Å². The lowest BCUT2D eigenvalue weighted by Gasteiger charge is -2.38. The average Bonchev–Trinajstić information content (AvgIpc) is 2.91. The number of hydrogen-bond donors (Lipinski definition) is 1. The predicted molar refractivity (Wildman–Crippen MR) is 145 cm³/mol. The molecule has 2 aliphatic rings. The highest BCUT2D eigenvalue weighted by atomic mass is 32.1. The molecule has 0 radical (unpaired) electrons. The summed E-state index contributed by atoms with van der Waals surface area (Å²) >= 11 is 5.67. The molecule has 0 spiro atoms. The first kappa shape index (κ1) is 29.9. The van der Waals surface area contributed by atoms with Crippen LogP contribution in [0.3, 0.4) is 0 Å². The van der Waals surface area contributed by atoms with Gasteiger partial charge in [0.05, 0.1) is 15.5 Å². The molecule has 13 heteroatoms. The van der Waals surface area contributed by atoms with Crippen molar-refractivity contribution in [3.63, 3.8) is 0 Å². The molecule has 0 aromatic heterocycles. The molecule has 1 aliphatic heterocycles. The van der Waals surface area contributed by atoms with E-state index >= 15 is 0 Å². The van der Waals surface area contributed by atoms with E-state index in [1.54, 1.807) is 0 Å². The maximum Gasteiger partial charge on any atom is 0.423 e. The van der Waals surface area contributed by atoms with Crippen molar-refractivity contribution in [3.05, 3.63) is 63.7 Å². The van der Waals surface area contributed by atoms with Crippen LogP contribution in [0, 0.1) is 16.0 Å². The molecule has 1 N–H and O–H groups in total. The van der Waals surface area contributed by atoms with Crippen LogP contribution in [0.25, 0.3) is 0 Å². The Bertz CT molecular complexity index is 1190. The highest BCUT2D eigenvalue weighted by molar-refractivity contribution is 7.80. The molecule has 218 valence electrons. The van der Waals surface area contributed by atoms with Crippen LogP contribution < -0.4 is 10.2 Å². The second-order valence-corrected chi connectivity index (χ2v) is 10.8. The number of nitro benzene ring substituents is 1. The summed E-state index contributed by atoms with van der Waals surface area (Å²) in [4.78, 5) is 15.0. The molecule has 1 aliphatic carbocycles. The number of halogens is 6. The Labute approximate surface area is 233 Å². The van der Waals surface area contributed by atoms with Gasteiger partial charge in [-0.2, -0.15) is 26.3 Å². The molecule has 2 aromatic rings. The van der Waals surface area contributed by atoms with Crippen molar-refractivity contribution < 1.29 is 31.3 Å². The normalized spacial score (nSPS) is 20.4. The molecular formula is C27H30F6N4O2S. The van der Waals surface area contributed by atoms with Gasteiger partial charge in [-0.3, -0.25) is 10.1 Å². The van der Waals surface area contributed by atoms with Crippen LogP contribution in [0.2, 0.25) is 0 Å². The summed E-state index contributed by atoms with van der Waals surface area (Å²) < 4.78 is 78.2. The van der Waals surface area contributed by atoms with Gasteiger partial charge in [0, 0.05) is 49.7 Å². The average molecular weight is 589 g/mol. The minimum atomic E-state index is -4.81. The van der Waals surface area contributed by atoms with Crippen LogP contribution in [0.1, 0.15) is 49.7 Å². The fourth-order valence-corrected chi connectivity index (χ4v) is 5.70. The molecule has 6 nitrogen and oxygen atoms in total. The number of anilines is 2. The van der Waals surface area contributed by atoms with Gasteiger partial charge in [-0.05, 0) is 80.8 Å². The summed E-state index contributed by atoms with van der Waals surface area (Å²) in [7, 11) is 0. The van der Waals surface area contributed by atoms with Gasteiger partial charge in [0.1, 0.15) is 5.56 Å². The van der Waals surface area contributed by atoms with Crippen molar-refractivity contribution in [2.45, 2.75) is 56.9 Å². The van der Waals surface area contributed by atoms with Gasteiger partial charge in [0.15, 0.2) is 0 Å². The van der Waals surface area contributed by atoms with Crippen molar-refractivity contribution in [3.8, 4) is 0 Å². The van der Waals surface area contributed by atoms with Crippen LogP contribution >= 0.6 is 12.2 Å². The Morgan fingerprint density at radius 1 is 0.925 bits per heavy atom. The molecule has 1 heterocycles. The molecule has 40 heavy (non-hydrogen) atoms. The van der Waals surface area contributed by atoms with Gasteiger partial charge < -0.3 is 15.1 Å². The van der Waals surface area contributed by atoms with E-state index in [1.165, 1.54) is 18.2 Å². The van der Waals surface area contributed by atoms with E-state index < -0.39 is 34.1 Å². The molecule has 2 fully saturated rings. The molecular weight excluding hydrogens is 558 g/mol. The monoisotopic (exact) mass is 588 g/mol. The summed E-state index contributed by atoms with van der Waals surface area (Å²) in [5, 5.41) is 14.1. The second kappa shape index (κ2) is 12.2. The molecule has 4 rings (SSSR count). The number of hydrogen-bond acceptors (Lipinski definition) is 5. The molecule has 1 saturated carbocycles. The van der Waals surface area contributed by atoms with Crippen molar-refractivity contribution in [1.82, 2.24) is 4.90 Å². The van der Waals surface area contributed by atoms with Gasteiger partial charge in [-0.25, -0.2) is 0 Å². The first-order valence-electron chi connectivity index (χ1n) is 13.1. The Morgan fingerprint density at radius 2 is 1.55 bits per heavy atom. The van der Waals surface area contributed by atoms with E-state index in [1.807, 2.05) is 0 Å². The summed E-state index contributed by atoms with van der Waals surface area (Å²) in [6.07, 6.45) is -4.13. The summed E-state index contributed by atoms with van der Waals surface area (Å²) in [5.74, 6) is 0.451. The van der Waals surface area contributed by atoms with Crippen LogP contribution in [-0.4, -0.2) is 47.0 Å². The maximum absolute atomic E-state index is 13.3. The first-order chi connectivity index (χ1) is 18.8. The Kier molecular flexibility index (Phi) is 9.11. The molecule has 2 aromatic carbocycles. The highest BCUT2D eigenvalue weighted by Gasteiger charge is 2.38. The van der Waals surface area contributed by atoms with Crippen molar-refractivity contribution >= 4 is 34.3 Å². The van der Waals surface area contributed by atoms with Gasteiger partial charge >= 0.3 is 12.4 Å². The van der Waals surface area contributed by atoms with Crippen molar-refractivity contribution in [1.29, 1.82) is 0 Å². The molecule has 0 atom stereocenters. The van der Waals surface area contributed by atoms with Crippen LogP contribution in [-0.2, 0) is 12.4 Å². The van der Waals surface area contributed by atoms with E-state index in [0.717, 1.165) is 73.5 Å². The molecule has 1 saturated heterocycles. The minimum absolute atomic E-state index is 0.0102. The van der Waals surface area contributed by atoms with Crippen molar-refractivity contribution in [2.75, 3.05) is 36.4 Å². The third-order valence-corrected chi connectivity index (χ3v) is 8.14. The van der Waals surface area contributed by atoms with Gasteiger partial charge in [-0.1, -0.05) is 12.2 Å². The summed E-state index contributed by atoms with van der Waals surface area (Å²) in [6.45, 7) is 2.74. The van der Waals surface area contributed by atoms with E-state index in [2.05, 4.69) is 15.1 Å². The highest BCUT2D eigenvalue weighted by Crippen LogP contribution is 2.38. The van der Waals surface area contributed by atoms with E-state index in [9.17, 15) is 36.5 Å². The fraction of sp³-hybridized carbons (Fsp3) is 0.519. The number of nitrogens with zero attached hydrogens (tertiary/aromatic N) is 3. The number of nitrogens with one attached hydrogen (secondary N) is 1. The maximum atomic E-state index is 13.3. The van der Waals surface area contributed by atoms with Crippen LogP contribution in [0.5, 0.6) is 0 Å². The topological polar surface area (TPSA) is 61.7 Å². The Morgan fingerprint density at radius 3 is 2.10 bits per heavy atom. The lowest BCUT2D eigenvalue weighted by Crippen LogP contribution is -2.48. The van der Waals surface area contributed by atoms with Crippen LogP contribution in [0.15, 0.2) is 42.5 Å². The lowest BCUT2D eigenvalue weighted by molar-refractivity contribution is -0.388. The van der Waals surface area contributed by atoms with Gasteiger partial charge in [0.2, 0.25) is 0 Å².